The summed E-state index contributed by atoms with van der Waals surface area (Å²) in [5, 5.41) is 12.0. The molecule has 7 heteroatoms. The molecular weight excluding hydrogens is 296 g/mol. The lowest BCUT2D eigenvalue weighted by Gasteiger charge is -2.34. The van der Waals surface area contributed by atoms with Crippen molar-refractivity contribution < 1.29 is 14.7 Å². The molecule has 2 atom stereocenters. The molecule has 1 aromatic rings. The van der Waals surface area contributed by atoms with Crippen molar-refractivity contribution in [1.29, 1.82) is 0 Å². The van der Waals surface area contributed by atoms with Gasteiger partial charge < -0.3 is 20.2 Å². The van der Waals surface area contributed by atoms with Crippen molar-refractivity contribution in [3.05, 3.63) is 24.0 Å². The summed E-state index contributed by atoms with van der Waals surface area (Å²) in [4.78, 5) is 31.4. The van der Waals surface area contributed by atoms with Crippen LogP contribution in [-0.2, 0) is 11.3 Å². The zero-order valence-electron chi connectivity index (χ0n) is 13.8. The van der Waals surface area contributed by atoms with E-state index in [0.29, 0.717) is 19.5 Å². The first-order valence-electron chi connectivity index (χ1n) is 7.75. The fraction of sp³-hybridized carbons (Fsp3) is 0.562. The van der Waals surface area contributed by atoms with E-state index in [0.717, 1.165) is 11.4 Å². The van der Waals surface area contributed by atoms with Crippen molar-refractivity contribution in [2.75, 3.05) is 32.1 Å². The summed E-state index contributed by atoms with van der Waals surface area (Å²) in [7, 11) is 3.85. The molecule has 1 aliphatic heterocycles. The number of urea groups is 1. The molecule has 0 aromatic carbocycles. The molecule has 0 spiro atoms. The number of aromatic nitrogens is 1. The lowest BCUT2D eigenvalue weighted by Crippen LogP contribution is -2.49. The molecule has 2 rings (SSSR count). The standard InChI is InChI=1S/C16H24N4O3/c1-11-7-12(15(21)22)10-20(9-11)16(23)18-8-13-14(19(2)3)5-4-6-17-13/h4-6,11-12H,7-10H2,1-3H3,(H,18,23)(H,21,22). The number of amides is 2. The van der Waals surface area contributed by atoms with Gasteiger partial charge in [0, 0.05) is 33.4 Å². The van der Waals surface area contributed by atoms with Gasteiger partial charge in [-0.25, -0.2) is 4.79 Å². The van der Waals surface area contributed by atoms with E-state index in [-0.39, 0.29) is 18.5 Å². The van der Waals surface area contributed by atoms with Gasteiger partial charge in [0.15, 0.2) is 0 Å². The van der Waals surface area contributed by atoms with Crippen LogP contribution in [0.4, 0.5) is 10.5 Å². The third kappa shape index (κ3) is 4.34. The van der Waals surface area contributed by atoms with Gasteiger partial charge in [-0.1, -0.05) is 6.92 Å². The Balaban J connectivity index is 1.98. The number of piperidine rings is 1. The van der Waals surface area contributed by atoms with Gasteiger partial charge in [0.1, 0.15) is 0 Å². The lowest BCUT2D eigenvalue weighted by atomic mass is 9.91. The number of carbonyl (C=O) groups is 2. The highest BCUT2D eigenvalue weighted by Crippen LogP contribution is 2.22. The highest BCUT2D eigenvalue weighted by atomic mass is 16.4. The fourth-order valence-electron chi connectivity index (χ4n) is 2.94. The Labute approximate surface area is 136 Å². The Hall–Kier alpha value is -2.31. The first-order valence-corrected chi connectivity index (χ1v) is 7.75. The summed E-state index contributed by atoms with van der Waals surface area (Å²) in [6.07, 6.45) is 2.31. The molecule has 2 unspecified atom stereocenters. The smallest absolute Gasteiger partial charge is 0.317 e. The number of rotatable bonds is 4. The van der Waals surface area contributed by atoms with Crippen LogP contribution >= 0.6 is 0 Å². The summed E-state index contributed by atoms with van der Waals surface area (Å²) >= 11 is 0. The van der Waals surface area contributed by atoms with Crippen LogP contribution in [0.3, 0.4) is 0 Å². The molecule has 1 saturated heterocycles. The minimum atomic E-state index is -0.839. The van der Waals surface area contributed by atoms with Gasteiger partial charge in [-0.15, -0.1) is 0 Å². The maximum Gasteiger partial charge on any atom is 0.317 e. The van der Waals surface area contributed by atoms with E-state index in [2.05, 4.69) is 10.3 Å². The molecular formula is C16H24N4O3. The normalized spacial score (nSPS) is 20.9. The van der Waals surface area contributed by atoms with Crippen LogP contribution in [0.2, 0.25) is 0 Å². The molecule has 126 valence electrons. The van der Waals surface area contributed by atoms with E-state index in [1.165, 1.54) is 0 Å². The number of carboxylic acids is 1. The quantitative estimate of drug-likeness (QED) is 0.876. The number of hydrogen-bond donors (Lipinski definition) is 2. The van der Waals surface area contributed by atoms with Gasteiger partial charge in [-0.3, -0.25) is 9.78 Å². The zero-order chi connectivity index (χ0) is 17.0. The van der Waals surface area contributed by atoms with Crippen LogP contribution in [0.25, 0.3) is 0 Å². The third-order valence-electron chi connectivity index (χ3n) is 4.05. The van der Waals surface area contributed by atoms with Crippen LogP contribution in [0.5, 0.6) is 0 Å². The number of likely N-dealkylation sites (tertiary alicyclic amines) is 1. The van der Waals surface area contributed by atoms with Gasteiger partial charge in [0.25, 0.3) is 0 Å². The molecule has 1 fully saturated rings. The number of anilines is 1. The summed E-state index contributed by atoms with van der Waals surface area (Å²) in [5.74, 6) is -1.14. The number of carbonyl (C=O) groups excluding carboxylic acids is 1. The number of aliphatic carboxylic acids is 1. The van der Waals surface area contributed by atoms with Crippen molar-refractivity contribution in [2.45, 2.75) is 19.9 Å². The number of pyridine rings is 1. The van der Waals surface area contributed by atoms with Gasteiger partial charge in [0.2, 0.25) is 0 Å². The number of nitrogens with zero attached hydrogens (tertiary/aromatic N) is 3. The van der Waals surface area contributed by atoms with Crippen molar-refractivity contribution in [3.63, 3.8) is 0 Å². The first-order chi connectivity index (χ1) is 10.9. The fourth-order valence-corrected chi connectivity index (χ4v) is 2.94. The topological polar surface area (TPSA) is 85.8 Å². The first kappa shape index (κ1) is 17.1. The molecule has 1 aliphatic rings. The average molecular weight is 320 g/mol. The molecule has 23 heavy (non-hydrogen) atoms. The molecule has 0 bridgehead atoms. The highest BCUT2D eigenvalue weighted by Gasteiger charge is 2.31. The van der Waals surface area contributed by atoms with E-state index in [4.69, 9.17) is 0 Å². The van der Waals surface area contributed by atoms with E-state index in [9.17, 15) is 14.7 Å². The minimum absolute atomic E-state index is 0.183. The zero-order valence-corrected chi connectivity index (χ0v) is 13.8. The monoisotopic (exact) mass is 320 g/mol. The molecule has 2 heterocycles. The Morgan fingerprint density at radius 1 is 1.43 bits per heavy atom. The Morgan fingerprint density at radius 2 is 2.17 bits per heavy atom. The Bertz CT molecular complexity index is 576. The van der Waals surface area contributed by atoms with Gasteiger partial charge in [-0.05, 0) is 24.5 Å². The summed E-state index contributed by atoms with van der Waals surface area (Å²) in [6.45, 7) is 3.13. The predicted molar refractivity (Wildman–Crippen MR) is 87.3 cm³/mol. The molecule has 0 radical (unpaired) electrons. The molecule has 2 N–H and O–H groups in total. The molecule has 7 nitrogen and oxygen atoms in total. The Morgan fingerprint density at radius 3 is 2.83 bits per heavy atom. The van der Waals surface area contributed by atoms with Crippen molar-refractivity contribution >= 4 is 17.7 Å². The Kier molecular flexibility index (Phi) is 5.41. The van der Waals surface area contributed by atoms with E-state index >= 15 is 0 Å². The average Bonchev–Trinajstić information content (AvgIpc) is 2.52. The second-order valence-electron chi connectivity index (χ2n) is 6.30. The highest BCUT2D eigenvalue weighted by molar-refractivity contribution is 5.76. The van der Waals surface area contributed by atoms with Crippen LogP contribution < -0.4 is 10.2 Å². The summed E-state index contributed by atoms with van der Waals surface area (Å²) < 4.78 is 0. The van der Waals surface area contributed by atoms with Gasteiger partial charge in [-0.2, -0.15) is 0 Å². The number of hydrogen-bond acceptors (Lipinski definition) is 4. The van der Waals surface area contributed by atoms with E-state index < -0.39 is 11.9 Å². The van der Waals surface area contributed by atoms with Crippen molar-refractivity contribution in [1.82, 2.24) is 15.2 Å². The van der Waals surface area contributed by atoms with Crippen LogP contribution in [-0.4, -0.2) is 54.2 Å². The largest absolute Gasteiger partial charge is 0.481 e. The SMILES string of the molecule is CC1CC(C(=O)O)CN(C(=O)NCc2ncccc2N(C)C)C1. The van der Waals surface area contributed by atoms with E-state index in [1.54, 1.807) is 11.1 Å². The molecule has 0 aliphatic carbocycles. The van der Waals surface area contributed by atoms with Crippen LogP contribution in [0.15, 0.2) is 18.3 Å². The van der Waals surface area contributed by atoms with Crippen LogP contribution in [0, 0.1) is 11.8 Å². The number of carboxylic acid groups (broad SMARTS) is 1. The molecule has 0 saturated carbocycles. The summed E-state index contributed by atoms with van der Waals surface area (Å²) in [5.41, 5.74) is 1.73. The van der Waals surface area contributed by atoms with Crippen molar-refractivity contribution in [2.24, 2.45) is 11.8 Å². The third-order valence-corrected chi connectivity index (χ3v) is 4.05. The maximum atomic E-state index is 12.3. The molecule has 1 aromatic heterocycles. The molecule has 2 amide bonds. The second kappa shape index (κ2) is 7.30. The maximum absolute atomic E-state index is 12.3. The number of nitrogens with one attached hydrogen (secondary N) is 1. The predicted octanol–water partition coefficient (Wildman–Crippen LogP) is 1.40. The van der Waals surface area contributed by atoms with Gasteiger partial charge >= 0.3 is 12.0 Å². The lowest BCUT2D eigenvalue weighted by molar-refractivity contribution is -0.143. The van der Waals surface area contributed by atoms with Crippen LogP contribution in [0.1, 0.15) is 19.0 Å². The summed E-state index contributed by atoms with van der Waals surface area (Å²) in [6, 6.07) is 3.56. The second-order valence-corrected chi connectivity index (χ2v) is 6.30. The van der Waals surface area contributed by atoms with Crippen molar-refractivity contribution in [3.8, 4) is 0 Å². The minimum Gasteiger partial charge on any atom is -0.481 e. The van der Waals surface area contributed by atoms with E-state index in [1.807, 2.05) is 38.1 Å². The van der Waals surface area contributed by atoms with Gasteiger partial charge in [0.05, 0.1) is 23.8 Å².